The number of aryl methyl sites for hydroxylation is 1. The number of hydrogen-bond donors (Lipinski definition) is 1. The number of carbonyl (C=O) groups is 2. The predicted molar refractivity (Wildman–Crippen MR) is 152 cm³/mol. The standard InChI is InChI=1S/C30H37N3O4S/c1-21(2)23-7-11-25(12-8-23)37-20-27-26-14-18-38-28(26)13-15-33(27)29(34)19-32(16-17-36-4)30(35)31-24-9-5-22(3)6-10-24/h5-12,14,18,21,27H,13,15-17,19-20H2,1-4H3,(H,31,35)/t27-/m0/s1. The lowest BCUT2D eigenvalue weighted by molar-refractivity contribution is -0.135. The lowest BCUT2D eigenvalue weighted by Gasteiger charge is -2.37. The molecular weight excluding hydrogens is 498 g/mol. The van der Waals surface area contributed by atoms with Crippen molar-refractivity contribution in [1.82, 2.24) is 9.80 Å². The average Bonchev–Trinajstić information content (AvgIpc) is 3.40. The van der Waals surface area contributed by atoms with E-state index in [9.17, 15) is 9.59 Å². The number of fused-ring (bicyclic) bond motifs is 1. The van der Waals surface area contributed by atoms with Crippen LogP contribution in [0, 0.1) is 6.92 Å². The number of nitrogens with zero attached hydrogens (tertiary/aromatic N) is 2. The van der Waals surface area contributed by atoms with Crippen LogP contribution >= 0.6 is 11.3 Å². The molecule has 2 aromatic carbocycles. The Kier molecular flexibility index (Phi) is 9.42. The first-order valence-electron chi connectivity index (χ1n) is 13.1. The number of thiophene rings is 1. The summed E-state index contributed by atoms with van der Waals surface area (Å²) in [7, 11) is 1.59. The molecule has 3 aromatic rings. The van der Waals surface area contributed by atoms with Gasteiger partial charge in [-0.3, -0.25) is 4.79 Å². The monoisotopic (exact) mass is 535 g/mol. The zero-order valence-corrected chi connectivity index (χ0v) is 23.4. The van der Waals surface area contributed by atoms with E-state index in [-0.39, 0.29) is 24.5 Å². The quantitative estimate of drug-likeness (QED) is 0.353. The van der Waals surface area contributed by atoms with Gasteiger partial charge in [-0.25, -0.2) is 4.79 Å². The fourth-order valence-electron chi connectivity index (χ4n) is 4.55. The third-order valence-corrected chi connectivity index (χ3v) is 7.85. The minimum absolute atomic E-state index is 0.0416. The fraction of sp³-hybridized carbons (Fsp3) is 0.400. The molecule has 1 aliphatic heterocycles. The Morgan fingerprint density at radius 2 is 1.84 bits per heavy atom. The van der Waals surface area contributed by atoms with Crippen LogP contribution < -0.4 is 10.1 Å². The summed E-state index contributed by atoms with van der Waals surface area (Å²) in [5.74, 6) is 1.12. The van der Waals surface area contributed by atoms with Crippen LogP contribution in [-0.2, 0) is 16.0 Å². The number of hydrogen-bond acceptors (Lipinski definition) is 5. The summed E-state index contributed by atoms with van der Waals surface area (Å²) in [5.41, 5.74) is 4.18. The molecular formula is C30H37N3O4S. The molecule has 0 unspecified atom stereocenters. The summed E-state index contributed by atoms with van der Waals surface area (Å²) in [5, 5.41) is 4.98. The Bertz CT molecular complexity index is 1210. The maximum absolute atomic E-state index is 13.7. The van der Waals surface area contributed by atoms with Crippen molar-refractivity contribution in [1.29, 1.82) is 0 Å². The second kappa shape index (κ2) is 12.9. The van der Waals surface area contributed by atoms with E-state index in [0.29, 0.717) is 37.9 Å². The third-order valence-electron chi connectivity index (χ3n) is 6.85. The van der Waals surface area contributed by atoms with Gasteiger partial charge in [0.25, 0.3) is 0 Å². The van der Waals surface area contributed by atoms with Gasteiger partial charge in [0.15, 0.2) is 0 Å². The highest BCUT2D eigenvalue weighted by Gasteiger charge is 2.33. The Morgan fingerprint density at radius 1 is 1.11 bits per heavy atom. The number of amides is 3. The van der Waals surface area contributed by atoms with Crippen LogP contribution in [0.3, 0.4) is 0 Å². The second-order valence-electron chi connectivity index (χ2n) is 9.90. The average molecular weight is 536 g/mol. The molecule has 0 spiro atoms. The molecule has 1 atom stereocenters. The Morgan fingerprint density at radius 3 is 2.53 bits per heavy atom. The third kappa shape index (κ3) is 6.94. The van der Waals surface area contributed by atoms with Crippen LogP contribution in [0.25, 0.3) is 0 Å². The van der Waals surface area contributed by atoms with E-state index in [1.54, 1.807) is 18.4 Å². The topological polar surface area (TPSA) is 71.1 Å². The summed E-state index contributed by atoms with van der Waals surface area (Å²) in [6.45, 7) is 7.86. The van der Waals surface area contributed by atoms with Crippen molar-refractivity contribution in [2.45, 2.75) is 39.2 Å². The molecule has 4 rings (SSSR count). The van der Waals surface area contributed by atoms with E-state index in [4.69, 9.17) is 9.47 Å². The number of anilines is 1. The smallest absolute Gasteiger partial charge is 0.322 e. The highest BCUT2D eigenvalue weighted by molar-refractivity contribution is 7.10. The molecule has 0 radical (unpaired) electrons. The molecule has 1 aromatic heterocycles. The van der Waals surface area contributed by atoms with Crippen molar-refractivity contribution in [3.05, 3.63) is 81.5 Å². The largest absolute Gasteiger partial charge is 0.491 e. The molecule has 7 nitrogen and oxygen atoms in total. The first kappa shape index (κ1) is 27.7. The lowest BCUT2D eigenvalue weighted by Crippen LogP contribution is -2.49. The van der Waals surface area contributed by atoms with Gasteiger partial charge < -0.3 is 24.6 Å². The Labute approximate surface area is 229 Å². The lowest BCUT2D eigenvalue weighted by atomic mass is 10.00. The van der Waals surface area contributed by atoms with E-state index < -0.39 is 0 Å². The van der Waals surface area contributed by atoms with Gasteiger partial charge in [0.2, 0.25) is 5.91 Å². The van der Waals surface area contributed by atoms with Gasteiger partial charge in [0.1, 0.15) is 18.9 Å². The minimum atomic E-state index is -0.328. The van der Waals surface area contributed by atoms with Crippen molar-refractivity contribution >= 4 is 29.0 Å². The van der Waals surface area contributed by atoms with Crippen LogP contribution in [0.15, 0.2) is 60.0 Å². The number of urea groups is 1. The van der Waals surface area contributed by atoms with Gasteiger partial charge in [0.05, 0.1) is 12.6 Å². The SMILES string of the molecule is COCCN(CC(=O)N1CCc2sccc2[C@@H]1COc1ccc(C(C)C)cc1)C(=O)Nc1ccc(C)cc1. The van der Waals surface area contributed by atoms with Crippen LogP contribution in [0.4, 0.5) is 10.5 Å². The van der Waals surface area contributed by atoms with Crippen LogP contribution in [-0.4, -0.2) is 61.7 Å². The summed E-state index contributed by atoms with van der Waals surface area (Å²) in [6.07, 6.45) is 0.798. The Balaban J connectivity index is 1.47. The van der Waals surface area contributed by atoms with E-state index in [0.717, 1.165) is 23.3 Å². The minimum Gasteiger partial charge on any atom is -0.491 e. The number of nitrogens with one attached hydrogen (secondary N) is 1. The van der Waals surface area contributed by atoms with Crippen molar-refractivity contribution in [3.63, 3.8) is 0 Å². The van der Waals surface area contributed by atoms with Gasteiger partial charge in [-0.15, -0.1) is 11.3 Å². The molecule has 2 heterocycles. The zero-order chi connectivity index (χ0) is 27.1. The van der Waals surface area contributed by atoms with Gasteiger partial charge in [-0.2, -0.15) is 0 Å². The summed E-state index contributed by atoms with van der Waals surface area (Å²) in [6, 6.07) is 17.3. The Hall–Kier alpha value is -3.36. The second-order valence-corrected chi connectivity index (χ2v) is 10.9. The van der Waals surface area contributed by atoms with E-state index >= 15 is 0 Å². The highest BCUT2D eigenvalue weighted by atomic mass is 32.1. The van der Waals surface area contributed by atoms with Crippen LogP contribution in [0.2, 0.25) is 0 Å². The van der Waals surface area contributed by atoms with Gasteiger partial charge in [-0.05, 0) is 66.1 Å². The van der Waals surface area contributed by atoms with E-state index in [1.807, 2.05) is 48.2 Å². The fourth-order valence-corrected chi connectivity index (χ4v) is 5.47. The summed E-state index contributed by atoms with van der Waals surface area (Å²) < 4.78 is 11.4. The van der Waals surface area contributed by atoms with Gasteiger partial charge in [0, 0.05) is 30.8 Å². The first-order chi connectivity index (χ1) is 18.4. The number of rotatable bonds is 10. The molecule has 0 fully saturated rings. The molecule has 0 saturated heterocycles. The number of ether oxygens (including phenoxy) is 2. The molecule has 0 bridgehead atoms. The summed E-state index contributed by atoms with van der Waals surface area (Å²) >= 11 is 1.72. The van der Waals surface area contributed by atoms with E-state index in [2.05, 4.69) is 42.7 Å². The maximum Gasteiger partial charge on any atom is 0.322 e. The number of benzene rings is 2. The number of methoxy groups -OCH3 is 1. The molecule has 1 aliphatic rings. The summed E-state index contributed by atoms with van der Waals surface area (Å²) in [4.78, 5) is 31.4. The molecule has 3 amide bonds. The van der Waals surface area contributed by atoms with Crippen molar-refractivity contribution < 1.29 is 19.1 Å². The number of carbonyl (C=O) groups excluding carboxylic acids is 2. The van der Waals surface area contributed by atoms with Crippen LogP contribution in [0.5, 0.6) is 5.75 Å². The molecule has 202 valence electrons. The highest BCUT2D eigenvalue weighted by Crippen LogP contribution is 2.34. The van der Waals surface area contributed by atoms with Crippen molar-refractivity contribution in [2.75, 3.05) is 45.3 Å². The normalized spacial score (nSPS) is 14.8. The maximum atomic E-state index is 13.7. The van der Waals surface area contributed by atoms with Crippen LogP contribution in [0.1, 0.15) is 47.4 Å². The first-order valence-corrected chi connectivity index (χ1v) is 13.9. The van der Waals surface area contributed by atoms with Crippen molar-refractivity contribution in [3.8, 4) is 5.75 Å². The van der Waals surface area contributed by atoms with Gasteiger partial charge in [-0.1, -0.05) is 43.7 Å². The molecule has 8 heteroatoms. The van der Waals surface area contributed by atoms with Crippen molar-refractivity contribution in [2.24, 2.45) is 0 Å². The zero-order valence-electron chi connectivity index (χ0n) is 22.6. The molecule has 1 N–H and O–H groups in total. The van der Waals surface area contributed by atoms with Gasteiger partial charge >= 0.3 is 6.03 Å². The van der Waals surface area contributed by atoms with E-state index in [1.165, 1.54) is 15.3 Å². The molecule has 0 saturated carbocycles. The predicted octanol–water partition coefficient (Wildman–Crippen LogP) is 5.87. The molecule has 38 heavy (non-hydrogen) atoms. The molecule has 0 aliphatic carbocycles.